The summed E-state index contributed by atoms with van der Waals surface area (Å²) >= 11 is 1.58. The molecule has 3 aromatic rings. The molecule has 1 fully saturated rings. The number of pyridine rings is 1. The number of aromatic nitrogens is 1. The van der Waals surface area contributed by atoms with Crippen LogP contribution in [0, 0.1) is 12.8 Å². The highest BCUT2D eigenvalue weighted by atomic mass is 32.1. The van der Waals surface area contributed by atoms with Gasteiger partial charge in [0.2, 0.25) is 11.8 Å². The Kier molecular flexibility index (Phi) is 5.71. The number of nitrogens with zero attached hydrogens (tertiary/aromatic N) is 2. The summed E-state index contributed by atoms with van der Waals surface area (Å²) in [6.45, 7) is 2.52. The lowest BCUT2D eigenvalue weighted by Gasteiger charge is -2.27. The number of hydrogen-bond acceptors (Lipinski definition) is 4. The van der Waals surface area contributed by atoms with Gasteiger partial charge in [0.25, 0.3) is 0 Å². The van der Waals surface area contributed by atoms with Gasteiger partial charge in [-0.1, -0.05) is 29.8 Å². The van der Waals surface area contributed by atoms with Crippen molar-refractivity contribution in [3.63, 3.8) is 0 Å². The van der Waals surface area contributed by atoms with Gasteiger partial charge in [0.05, 0.1) is 12.0 Å². The second-order valence-electron chi connectivity index (χ2n) is 7.23. The lowest BCUT2D eigenvalue weighted by Crippen LogP contribution is -2.36. The van der Waals surface area contributed by atoms with Crippen LogP contribution in [0.3, 0.4) is 0 Å². The van der Waals surface area contributed by atoms with Gasteiger partial charge in [-0.15, -0.1) is 11.3 Å². The smallest absolute Gasteiger partial charge is 0.228 e. The monoisotopic (exact) mass is 405 g/mol. The van der Waals surface area contributed by atoms with E-state index in [4.69, 9.17) is 0 Å². The highest BCUT2D eigenvalue weighted by molar-refractivity contribution is 7.10. The van der Waals surface area contributed by atoms with Crippen LogP contribution in [0.2, 0.25) is 0 Å². The van der Waals surface area contributed by atoms with Gasteiger partial charge in [0, 0.05) is 41.8 Å². The van der Waals surface area contributed by atoms with Crippen molar-refractivity contribution < 1.29 is 9.59 Å². The quantitative estimate of drug-likeness (QED) is 0.676. The van der Waals surface area contributed by atoms with E-state index in [9.17, 15) is 9.59 Å². The molecule has 1 aromatic carbocycles. The van der Waals surface area contributed by atoms with Crippen molar-refractivity contribution in [1.82, 2.24) is 10.3 Å². The van der Waals surface area contributed by atoms with E-state index in [2.05, 4.69) is 10.3 Å². The minimum atomic E-state index is -0.411. The van der Waals surface area contributed by atoms with Crippen LogP contribution in [0.25, 0.3) is 0 Å². The van der Waals surface area contributed by atoms with Crippen LogP contribution in [0.4, 0.5) is 5.69 Å². The standard InChI is InChI=1S/C23H23N3O2S/c1-16-7-9-18(10-8-16)26-21(27)15-19(22(26)20-6-4-14-29-20)23(28)25-13-11-17-5-2-3-12-24-17/h2-10,12,14,19,22H,11,13,15H2,1H3,(H,25,28). The lowest BCUT2D eigenvalue weighted by atomic mass is 9.97. The third-order valence-corrected chi connectivity index (χ3v) is 6.16. The molecule has 148 valence electrons. The zero-order valence-electron chi connectivity index (χ0n) is 16.2. The van der Waals surface area contributed by atoms with Crippen LogP contribution in [0.15, 0.2) is 66.2 Å². The fourth-order valence-corrected chi connectivity index (χ4v) is 4.64. The van der Waals surface area contributed by atoms with Crippen molar-refractivity contribution in [3.8, 4) is 0 Å². The Hall–Kier alpha value is -2.99. The largest absolute Gasteiger partial charge is 0.355 e. The van der Waals surface area contributed by atoms with Gasteiger partial charge in [-0.25, -0.2) is 0 Å². The van der Waals surface area contributed by atoms with Crippen LogP contribution < -0.4 is 10.2 Å². The number of nitrogens with one attached hydrogen (secondary N) is 1. The zero-order chi connectivity index (χ0) is 20.2. The minimum absolute atomic E-state index is 0.0165. The van der Waals surface area contributed by atoms with E-state index >= 15 is 0 Å². The van der Waals surface area contributed by atoms with Crippen molar-refractivity contribution >= 4 is 28.8 Å². The van der Waals surface area contributed by atoms with Gasteiger partial charge in [-0.2, -0.15) is 0 Å². The van der Waals surface area contributed by atoms with Crippen molar-refractivity contribution in [2.24, 2.45) is 5.92 Å². The molecule has 29 heavy (non-hydrogen) atoms. The van der Waals surface area contributed by atoms with Crippen LogP contribution >= 0.6 is 11.3 Å². The summed E-state index contributed by atoms with van der Waals surface area (Å²) in [5, 5.41) is 5.00. The molecular formula is C23H23N3O2S. The molecule has 1 aliphatic rings. The van der Waals surface area contributed by atoms with Gasteiger partial charge >= 0.3 is 0 Å². The summed E-state index contributed by atoms with van der Waals surface area (Å²) in [7, 11) is 0. The number of benzene rings is 1. The topological polar surface area (TPSA) is 62.3 Å². The molecule has 0 spiro atoms. The van der Waals surface area contributed by atoms with Gasteiger partial charge in [-0.3, -0.25) is 14.6 Å². The summed E-state index contributed by atoms with van der Waals surface area (Å²) < 4.78 is 0. The molecule has 6 heteroatoms. The number of aryl methyl sites for hydroxylation is 1. The molecule has 2 amide bonds. The van der Waals surface area contributed by atoms with E-state index in [1.165, 1.54) is 0 Å². The van der Waals surface area contributed by atoms with E-state index < -0.39 is 5.92 Å². The molecular weight excluding hydrogens is 382 g/mol. The average Bonchev–Trinajstić information content (AvgIpc) is 3.37. The van der Waals surface area contributed by atoms with Crippen LogP contribution in [0.1, 0.15) is 28.6 Å². The van der Waals surface area contributed by atoms with Crippen LogP contribution in [-0.4, -0.2) is 23.3 Å². The predicted molar refractivity (Wildman–Crippen MR) is 115 cm³/mol. The van der Waals surface area contributed by atoms with Crippen LogP contribution in [-0.2, 0) is 16.0 Å². The maximum absolute atomic E-state index is 13.0. The Morgan fingerprint density at radius 3 is 2.69 bits per heavy atom. The van der Waals surface area contributed by atoms with Crippen molar-refractivity contribution in [2.75, 3.05) is 11.4 Å². The normalized spacial score (nSPS) is 18.8. The number of carbonyl (C=O) groups excluding carboxylic acids is 2. The Morgan fingerprint density at radius 2 is 2.00 bits per heavy atom. The molecule has 2 atom stereocenters. The number of carbonyl (C=O) groups is 2. The third-order valence-electron chi connectivity index (χ3n) is 5.21. The highest BCUT2D eigenvalue weighted by Gasteiger charge is 2.45. The number of rotatable bonds is 6. The molecule has 2 aromatic heterocycles. The first-order chi connectivity index (χ1) is 14.1. The molecule has 5 nitrogen and oxygen atoms in total. The van der Waals surface area contributed by atoms with E-state index in [0.717, 1.165) is 21.8 Å². The van der Waals surface area contributed by atoms with E-state index in [0.29, 0.717) is 13.0 Å². The first kappa shape index (κ1) is 19.3. The Labute approximate surface area is 174 Å². The van der Waals surface area contributed by atoms with Crippen molar-refractivity contribution in [3.05, 3.63) is 82.3 Å². The average molecular weight is 406 g/mol. The molecule has 0 radical (unpaired) electrons. The number of amides is 2. The third kappa shape index (κ3) is 4.22. The summed E-state index contributed by atoms with van der Waals surface area (Å²) in [6.07, 6.45) is 2.63. The van der Waals surface area contributed by atoms with E-state index in [1.807, 2.05) is 66.9 Å². The minimum Gasteiger partial charge on any atom is -0.355 e. The molecule has 0 aliphatic carbocycles. The van der Waals surface area contributed by atoms with E-state index in [-0.39, 0.29) is 24.3 Å². The molecule has 1 saturated heterocycles. The summed E-state index contributed by atoms with van der Waals surface area (Å²) in [4.78, 5) is 33.0. The van der Waals surface area contributed by atoms with Gasteiger partial charge in [0.1, 0.15) is 0 Å². The maximum Gasteiger partial charge on any atom is 0.228 e. The summed E-state index contributed by atoms with van der Waals surface area (Å²) in [5.74, 6) is -0.509. The van der Waals surface area contributed by atoms with Crippen molar-refractivity contribution in [1.29, 1.82) is 0 Å². The fraction of sp³-hybridized carbons (Fsp3) is 0.261. The van der Waals surface area contributed by atoms with Gasteiger partial charge in [0.15, 0.2) is 0 Å². The molecule has 3 heterocycles. The number of anilines is 1. The zero-order valence-corrected chi connectivity index (χ0v) is 17.1. The fourth-order valence-electron chi connectivity index (χ4n) is 3.76. The first-order valence-corrected chi connectivity index (χ1v) is 10.6. The molecule has 2 unspecified atom stereocenters. The van der Waals surface area contributed by atoms with E-state index in [1.54, 1.807) is 22.4 Å². The molecule has 0 saturated carbocycles. The van der Waals surface area contributed by atoms with Crippen molar-refractivity contribution in [2.45, 2.75) is 25.8 Å². The second kappa shape index (κ2) is 8.57. The predicted octanol–water partition coefficient (Wildman–Crippen LogP) is 3.90. The Bertz CT molecular complexity index is 971. The highest BCUT2D eigenvalue weighted by Crippen LogP contribution is 2.43. The first-order valence-electron chi connectivity index (χ1n) is 9.73. The van der Waals surface area contributed by atoms with Gasteiger partial charge in [-0.05, 0) is 42.6 Å². The summed E-state index contributed by atoms with van der Waals surface area (Å²) in [5.41, 5.74) is 2.91. The SMILES string of the molecule is Cc1ccc(N2C(=O)CC(C(=O)NCCc3ccccn3)C2c2cccs2)cc1. The maximum atomic E-state index is 13.0. The van der Waals surface area contributed by atoms with Crippen LogP contribution in [0.5, 0.6) is 0 Å². The second-order valence-corrected chi connectivity index (χ2v) is 8.21. The number of thiophene rings is 1. The molecule has 1 N–H and O–H groups in total. The molecule has 1 aliphatic heterocycles. The Morgan fingerprint density at radius 1 is 1.17 bits per heavy atom. The van der Waals surface area contributed by atoms with Gasteiger partial charge < -0.3 is 10.2 Å². The summed E-state index contributed by atoms with van der Waals surface area (Å²) in [6, 6.07) is 17.3. The lowest BCUT2D eigenvalue weighted by molar-refractivity contribution is -0.126. The molecule has 0 bridgehead atoms. The number of hydrogen-bond donors (Lipinski definition) is 1. The Balaban J connectivity index is 1.53. The molecule has 4 rings (SSSR count).